The van der Waals surface area contributed by atoms with E-state index in [0.717, 1.165) is 29.8 Å². The van der Waals surface area contributed by atoms with Gasteiger partial charge in [0.25, 0.3) is 5.91 Å². The second-order valence-corrected chi connectivity index (χ2v) is 7.73. The van der Waals surface area contributed by atoms with Crippen LogP contribution in [-0.4, -0.2) is 38.5 Å². The molecule has 0 radical (unpaired) electrons. The van der Waals surface area contributed by atoms with E-state index in [9.17, 15) is 9.59 Å². The van der Waals surface area contributed by atoms with Crippen LogP contribution in [0.5, 0.6) is 0 Å². The summed E-state index contributed by atoms with van der Waals surface area (Å²) >= 11 is 6.49. The van der Waals surface area contributed by atoms with Crippen molar-refractivity contribution in [2.45, 2.75) is 51.1 Å². The van der Waals surface area contributed by atoms with E-state index in [4.69, 9.17) is 11.6 Å². The third kappa shape index (κ3) is 3.30. The molecule has 1 spiro atoms. The third-order valence-corrected chi connectivity index (χ3v) is 5.83. The number of halogens is 1. The number of imide groups is 1. The summed E-state index contributed by atoms with van der Waals surface area (Å²) in [5.41, 5.74) is 1.57. The van der Waals surface area contributed by atoms with Crippen molar-refractivity contribution in [3.8, 4) is 0 Å². The van der Waals surface area contributed by atoms with Gasteiger partial charge in [-0.2, -0.15) is 10.2 Å². The second kappa shape index (κ2) is 7.39. The van der Waals surface area contributed by atoms with Gasteiger partial charge < -0.3 is 5.32 Å². The lowest BCUT2D eigenvalue weighted by atomic mass is 9.82. The summed E-state index contributed by atoms with van der Waals surface area (Å²) < 4.78 is 1.68. The highest BCUT2D eigenvalue weighted by Gasteiger charge is 2.51. The number of nitrogens with one attached hydrogen (secondary N) is 1. The van der Waals surface area contributed by atoms with Crippen molar-refractivity contribution < 1.29 is 9.59 Å². The molecular formula is C20H22ClN5O2. The van der Waals surface area contributed by atoms with Crippen molar-refractivity contribution in [3.05, 3.63) is 52.3 Å². The molecule has 8 heteroatoms. The lowest BCUT2D eigenvalue weighted by molar-refractivity contribution is -0.132. The number of aryl methyl sites for hydroxylation is 1. The Morgan fingerprint density at radius 3 is 2.64 bits per heavy atom. The highest BCUT2D eigenvalue weighted by Crippen LogP contribution is 2.33. The lowest BCUT2D eigenvalue weighted by Crippen LogP contribution is -2.48. The maximum atomic E-state index is 12.8. The molecule has 1 aromatic heterocycles. The molecule has 28 heavy (non-hydrogen) atoms. The predicted molar refractivity (Wildman–Crippen MR) is 106 cm³/mol. The van der Waals surface area contributed by atoms with Crippen LogP contribution in [0.4, 0.5) is 4.79 Å². The highest BCUT2D eigenvalue weighted by atomic mass is 35.5. The first-order chi connectivity index (χ1) is 13.5. The molecule has 1 aromatic carbocycles. The molecule has 4 rings (SSSR count). The summed E-state index contributed by atoms with van der Waals surface area (Å²) in [7, 11) is 0. The molecule has 0 unspecified atom stereocenters. The Balaban J connectivity index is 1.55. The standard InChI is InChI=1S/C20H22ClN5O2/c1-14-16(17(21)25(24-14)13-15-8-4-2-5-9-15)12-22-26-18(27)20(23-19(26)28)10-6-3-7-11-20/h2,4-5,8-9,12H,3,6-7,10-11,13H2,1H3,(H,23,28). The largest absolute Gasteiger partial charge is 0.346 e. The van der Waals surface area contributed by atoms with Gasteiger partial charge in [-0.1, -0.05) is 61.2 Å². The fourth-order valence-electron chi connectivity index (χ4n) is 3.90. The van der Waals surface area contributed by atoms with Gasteiger partial charge in [-0.05, 0) is 25.3 Å². The summed E-state index contributed by atoms with van der Waals surface area (Å²) in [5.74, 6) is -0.279. The Hall–Kier alpha value is -2.67. The van der Waals surface area contributed by atoms with Crippen LogP contribution in [0.25, 0.3) is 0 Å². The van der Waals surface area contributed by atoms with Gasteiger partial charge in [0, 0.05) is 0 Å². The van der Waals surface area contributed by atoms with Crippen molar-refractivity contribution in [2.75, 3.05) is 0 Å². The van der Waals surface area contributed by atoms with Crippen molar-refractivity contribution in [3.63, 3.8) is 0 Å². The summed E-state index contributed by atoms with van der Waals surface area (Å²) in [5, 5.41) is 12.8. The number of aromatic nitrogens is 2. The summed E-state index contributed by atoms with van der Waals surface area (Å²) in [6, 6.07) is 9.39. The number of hydrogen-bond donors (Lipinski definition) is 1. The Kier molecular flexibility index (Phi) is 4.93. The number of hydrogen-bond acceptors (Lipinski definition) is 4. The molecule has 2 heterocycles. The molecule has 1 saturated carbocycles. The van der Waals surface area contributed by atoms with Gasteiger partial charge in [-0.25, -0.2) is 9.48 Å². The van der Waals surface area contributed by atoms with Crippen molar-refractivity contribution >= 4 is 29.8 Å². The fraction of sp³-hybridized carbons (Fsp3) is 0.400. The van der Waals surface area contributed by atoms with Gasteiger partial charge in [0.05, 0.1) is 24.0 Å². The Bertz CT molecular complexity index is 932. The van der Waals surface area contributed by atoms with Crippen molar-refractivity contribution in [2.24, 2.45) is 5.10 Å². The van der Waals surface area contributed by atoms with Gasteiger partial charge in [0.1, 0.15) is 10.7 Å². The molecule has 1 aliphatic carbocycles. The molecule has 3 amide bonds. The van der Waals surface area contributed by atoms with Gasteiger partial charge >= 0.3 is 6.03 Å². The number of rotatable bonds is 4. The van der Waals surface area contributed by atoms with Crippen LogP contribution in [0.2, 0.25) is 5.15 Å². The lowest BCUT2D eigenvalue weighted by Gasteiger charge is -2.29. The van der Waals surface area contributed by atoms with E-state index in [-0.39, 0.29) is 5.91 Å². The zero-order chi connectivity index (χ0) is 19.7. The minimum Gasteiger partial charge on any atom is -0.321 e. The molecular weight excluding hydrogens is 378 g/mol. The minimum atomic E-state index is -0.789. The van der Waals surface area contributed by atoms with Crippen molar-refractivity contribution in [1.82, 2.24) is 20.1 Å². The Morgan fingerprint density at radius 1 is 1.21 bits per heavy atom. The quantitative estimate of drug-likeness (QED) is 0.631. The second-order valence-electron chi connectivity index (χ2n) is 7.37. The Morgan fingerprint density at radius 2 is 1.93 bits per heavy atom. The maximum absolute atomic E-state index is 12.8. The van der Waals surface area contributed by atoms with Crippen LogP contribution < -0.4 is 5.32 Å². The van der Waals surface area contributed by atoms with E-state index in [1.54, 1.807) is 4.68 Å². The van der Waals surface area contributed by atoms with Crippen LogP contribution in [0.3, 0.4) is 0 Å². The van der Waals surface area contributed by atoms with Crippen molar-refractivity contribution in [1.29, 1.82) is 0 Å². The number of benzene rings is 1. The van der Waals surface area contributed by atoms with Gasteiger partial charge in [-0.3, -0.25) is 4.79 Å². The molecule has 1 N–H and O–H groups in total. The van der Waals surface area contributed by atoms with E-state index in [1.807, 2.05) is 37.3 Å². The molecule has 2 aromatic rings. The Labute approximate surface area is 168 Å². The third-order valence-electron chi connectivity index (χ3n) is 5.43. The molecule has 2 fully saturated rings. The molecule has 1 aliphatic heterocycles. The van der Waals surface area contributed by atoms with Gasteiger partial charge in [0.15, 0.2) is 0 Å². The number of carbonyl (C=O) groups is 2. The highest BCUT2D eigenvalue weighted by molar-refractivity contribution is 6.32. The SMILES string of the molecule is Cc1nn(Cc2ccccc2)c(Cl)c1C=NN1C(=O)NC2(CCCCC2)C1=O. The first-order valence-corrected chi connectivity index (χ1v) is 9.85. The number of urea groups is 1. The summed E-state index contributed by atoms with van der Waals surface area (Å²) in [6.45, 7) is 2.35. The molecule has 7 nitrogen and oxygen atoms in total. The first kappa shape index (κ1) is 18.7. The van der Waals surface area contributed by atoms with E-state index >= 15 is 0 Å². The smallest absolute Gasteiger partial charge is 0.321 e. The molecule has 1 saturated heterocycles. The van der Waals surface area contributed by atoms with Crippen LogP contribution in [0.15, 0.2) is 35.4 Å². The van der Waals surface area contributed by atoms with E-state index in [2.05, 4.69) is 15.5 Å². The predicted octanol–water partition coefficient (Wildman–Crippen LogP) is 3.48. The monoisotopic (exact) mass is 399 g/mol. The topological polar surface area (TPSA) is 79.6 Å². The average Bonchev–Trinajstić information content (AvgIpc) is 3.08. The fourth-order valence-corrected chi connectivity index (χ4v) is 4.18. The van der Waals surface area contributed by atoms with E-state index in [1.165, 1.54) is 6.21 Å². The summed E-state index contributed by atoms with van der Waals surface area (Å²) in [6.07, 6.45) is 5.73. The molecule has 2 aliphatic rings. The van der Waals surface area contributed by atoms with Crippen LogP contribution in [0, 0.1) is 6.92 Å². The van der Waals surface area contributed by atoms with E-state index in [0.29, 0.717) is 35.8 Å². The van der Waals surface area contributed by atoms with Gasteiger partial charge in [0.2, 0.25) is 0 Å². The molecule has 146 valence electrons. The summed E-state index contributed by atoms with van der Waals surface area (Å²) in [4.78, 5) is 25.1. The zero-order valence-electron chi connectivity index (χ0n) is 15.7. The molecule has 0 bridgehead atoms. The van der Waals surface area contributed by atoms with Crippen LogP contribution >= 0.6 is 11.6 Å². The average molecular weight is 400 g/mol. The van der Waals surface area contributed by atoms with E-state index < -0.39 is 11.6 Å². The number of carbonyl (C=O) groups excluding carboxylic acids is 2. The number of hydrazone groups is 1. The van der Waals surface area contributed by atoms with Gasteiger partial charge in [-0.15, -0.1) is 5.01 Å². The number of amides is 3. The normalized spacial score (nSPS) is 19.0. The maximum Gasteiger partial charge on any atom is 0.346 e. The molecule has 0 atom stereocenters. The minimum absolute atomic E-state index is 0.279. The van der Waals surface area contributed by atoms with Crippen LogP contribution in [0.1, 0.15) is 48.9 Å². The first-order valence-electron chi connectivity index (χ1n) is 9.48. The zero-order valence-corrected chi connectivity index (χ0v) is 16.4. The number of nitrogens with zero attached hydrogens (tertiary/aromatic N) is 4. The van der Waals surface area contributed by atoms with Crippen LogP contribution in [-0.2, 0) is 11.3 Å².